The van der Waals surface area contributed by atoms with Gasteiger partial charge in [0.2, 0.25) is 5.88 Å². The number of aliphatic hydroxyl groups is 1. The molecule has 0 aliphatic rings. The van der Waals surface area contributed by atoms with E-state index in [-0.39, 0.29) is 12.4 Å². The molecule has 0 radical (unpaired) electrons. The topological polar surface area (TPSA) is 42.4 Å². The second-order valence-corrected chi connectivity index (χ2v) is 4.08. The average molecular weight is 247 g/mol. The first-order valence-corrected chi connectivity index (χ1v) is 5.61. The Labute approximate surface area is 105 Å². The molecule has 0 saturated heterocycles. The summed E-state index contributed by atoms with van der Waals surface area (Å²) < 4.78 is 18.4. The number of hydrogen-bond donors (Lipinski definition) is 1. The van der Waals surface area contributed by atoms with Gasteiger partial charge in [0.15, 0.2) is 0 Å². The highest BCUT2D eigenvalue weighted by Gasteiger charge is 2.10. The van der Waals surface area contributed by atoms with Gasteiger partial charge in [-0.3, -0.25) is 0 Å². The highest BCUT2D eigenvalue weighted by Crippen LogP contribution is 2.26. The van der Waals surface area contributed by atoms with Gasteiger partial charge in [0, 0.05) is 11.3 Å². The van der Waals surface area contributed by atoms with E-state index < -0.39 is 0 Å². The lowest BCUT2D eigenvalue weighted by atomic mass is 10.1. The number of rotatable bonds is 3. The van der Waals surface area contributed by atoms with E-state index in [0.717, 1.165) is 11.3 Å². The van der Waals surface area contributed by atoms with Crippen molar-refractivity contribution in [3.63, 3.8) is 0 Å². The van der Waals surface area contributed by atoms with Crippen molar-refractivity contribution in [1.29, 1.82) is 0 Å². The average Bonchev–Trinajstić information content (AvgIpc) is 2.32. The molecule has 0 amide bonds. The molecule has 1 aromatic heterocycles. The van der Waals surface area contributed by atoms with Crippen LogP contribution in [0.3, 0.4) is 0 Å². The highest BCUT2D eigenvalue weighted by atomic mass is 19.1. The summed E-state index contributed by atoms with van der Waals surface area (Å²) in [5.74, 6) is 0.531. The Hall–Kier alpha value is -1.94. The predicted molar refractivity (Wildman–Crippen MR) is 66.1 cm³/mol. The summed E-state index contributed by atoms with van der Waals surface area (Å²) in [5.41, 5.74) is 2.37. The minimum atomic E-state index is -0.321. The van der Waals surface area contributed by atoms with Crippen molar-refractivity contribution in [3.05, 3.63) is 53.0 Å². The lowest BCUT2D eigenvalue weighted by Gasteiger charge is -2.11. The van der Waals surface area contributed by atoms with Crippen molar-refractivity contribution in [3.8, 4) is 11.6 Å². The van der Waals surface area contributed by atoms with Gasteiger partial charge in [0.25, 0.3) is 0 Å². The van der Waals surface area contributed by atoms with Crippen LogP contribution in [0.15, 0.2) is 30.3 Å². The Morgan fingerprint density at radius 2 is 1.89 bits per heavy atom. The summed E-state index contributed by atoms with van der Waals surface area (Å²) in [6.45, 7) is 3.60. The van der Waals surface area contributed by atoms with Crippen molar-refractivity contribution < 1.29 is 14.2 Å². The van der Waals surface area contributed by atoms with E-state index in [0.29, 0.717) is 17.2 Å². The van der Waals surface area contributed by atoms with Crippen LogP contribution in [0.2, 0.25) is 0 Å². The fraction of sp³-hybridized carbons (Fsp3) is 0.214. The van der Waals surface area contributed by atoms with Gasteiger partial charge in [-0.2, -0.15) is 0 Å². The van der Waals surface area contributed by atoms with Gasteiger partial charge in [-0.05, 0) is 49.7 Å². The Kier molecular flexibility index (Phi) is 3.58. The third kappa shape index (κ3) is 2.65. The number of halogens is 1. The first kappa shape index (κ1) is 12.5. The van der Waals surface area contributed by atoms with Gasteiger partial charge in [-0.25, -0.2) is 9.37 Å². The normalized spacial score (nSPS) is 10.4. The van der Waals surface area contributed by atoms with E-state index in [4.69, 9.17) is 4.74 Å². The van der Waals surface area contributed by atoms with Crippen LogP contribution < -0.4 is 4.74 Å². The van der Waals surface area contributed by atoms with Crippen molar-refractivity contribution >= 4 is 0 Å². The van der Waals surface area contributed by atoms with E-state index in [1.54, 1.807) is 0 Å². The molecule has 1 aromatic carbocycles. The summed E-state index contributed by atoms with van der Waals surface area (Å²) in [7, 11) is 0. The maximum atomic E-state index is 12.8. The largest absolute Gasteiger partial charge is 0.439 e. The first-order chi connectivity index (χ1) is 8.60. The first-order valence-electron chi connectivity index (χ1n) is 5.61. The predicted octanol–water partition coefficient (Wildman–Crippen LogP) is 3.12. The highest BCUT2D eigenvalue weighted by molar-refractivity contribution is 5.38. The third-order valence-electron chi connectivity index (χ3n) is 2.62. The number of nitrogens with zero attached hydrogens (tertiary/aromatic N) is 1. The molecule has 0 unspecified atom stereocenters. The van der Waals surface area contributed by atoms with E-state index >= 15 is 0 Å². The Balaban J connectivity index is 2.36. The van der Waals surface area contributed by atoms with Crippen LogP contribution in [-0.4, -0.2) is 10.1 Å². The summed E-state index contributed by atoms with van der Waals surface area (Å²) >= 11 is 0. The van der Waals surface area contributed by atoms with Gasteiger partial charge in [0.1, 0.15) is 11.6 Å². The number of ether oxygens (including phenoxy) is 1. The van der Waals surface area contributed by atoms with Crippen LogP contribution in [0.1, 0.15) is 16.8 Å². The number of hydrogen-bond acceptors (Lipinski definition) is 3. The van der Waals surface area contributed by atoms with Crippen LogP contribution in [0, 0.1) is 19.7 Å². The number of aromatic nitrogens is 1. The quantitative estimate of drug-likeness (QED) is 0.906. The smallest absolute Gasteiger partial charge is 0.225 e. The molecule has 18 heavy (non-hydrogen) atoms. The second kappa shape index (κ2) is 5.14. The Bertz CT molecular complexity index is 552. The van der Waals surface area contributed by atoms with Crippen molar-refractivity contribution in [2.24, 2.45) is 0 Å². The van der Waals surface area contributed by atoms with Crippen molar-refractivity contribution in [2.45, 2.75) is 20.5 Å². The molecule has 0 bridgehead atoms. The maximum absolute atomic E-state index is 12.8. The minimum Gasteiger partial charge on any atom is -0.439 e. The molecule has 1 heterocycles. The Morgan fingerprint density at radius 3 is 2.50 bits per heavy atom. The molecular weight excluding hydrogens is 233 g/mol. The second-order valence-electron chi connectivity index (χ2n) is 4.08. The zero-order valence-corrected chi connectivity index (χ0v) is 10.3. The number of benzene rings is 1. The molecule has 0 aliphatic carbocycles. The molecule has 0 saturated carbocycles. The number of aliphatic hydroxyl groups excluding tert-OH is 1. The molecule has 0 spiro atoms. The molecule has 2 aromatic rings. The maximum Gasteiger partial charge on any atom is 0.225 e. The van der Waals surface area contributed by atoms with Gasteiger partial charge in [-0.15, -0.1) is 0 Å². The van der Waals surface area contributed by atoms with Crippen LogP contribution >= 0.6 is 0 Å². The summed E-state index contributed by atoms with van der Waals surface area (Å²) in [5, 5.41) is 9.33. The van der Waals surface area contributed by atoms with Crippen LogP contribution in [0.25, 0.3) is 0 Å². The summed E-state index contributed by atoms with van der Waals surface area (Å²) in [6.07, 6.45) is 0. The summed E-state index contributed by atoms with van der Waals surface area (Å²) in [4.78, 5) is 4.25. The standard InChI is InChI=1S/C14H14FNO2/c1-9-7-10(2)16-14(13(9)8-17)18-12-5-3-11(15)4-6-12/h3-7,17H,8H2,1-2H3. The van der Waals surface area contributed by atoms with Crippen molar-refractivity contribution in [1.82, 2.24) is 4.98 Å². The molecule has 2 rings (SSSR count). The molecule has 94 valence electrons. The lowest BCUT2D eigenvalue weighted by molar-refractivity contribution is 0.274. The SMILES string of the molecule is Cc1cc(C)c(CO)c(Oc2ccc(F)cc2)n1. The van der Waals surface area contributed by atoms with Crippen LogP contribution in [0.4, 0.5) is 4.39 Å². The van der Waals surface area contributed by atoms with E-state index in [1.165, 1.54) is 24.3 Å². The van der Waals surface area contributed by atoms with Gasteiger partial charge < -0.3 is 9.84 Å². The van der Waals surface area contributed by atoms with E-state index in [9.17, 15) is 9.50 Å². The van der Waals surface area contributed by atoms with Gasteiger partial charge in [-0.1, -0.05) is 0 Å². The number of pyridine rings is 1. The zero-order chi connectivity index (χ0) is 13.1. The van der Waals surface area contributed by atoms with E-state index in [1.807, 2.05) is 19.9 Å². The minimum absolute atomic E-state index is 0.143. The summed E-state index contributed by atoms with van der Waals surface area (Å²) in [6, 6.07) is 7.56. The van der Waals surface area contributed by atoms with Crippen molar-refractivity contribution in [2.75, 3.05) is 0 Å². The molecular formula is C14H14FNO2. The molecule has 0 fully saturated rings. The third-order valence-corrected chi connectivity index (χ3v) is 2.62. The monoisotopic (exact) mass is 247 g/mol. The zero-order valence-electron chi connectivity index (χ0n) is 10.3. The number of aryl methyl sites for hydroxylation is 2. The fourth-order valence-electron chi connectivity index (χ4n) is 1.72. The van der Waals surface area contributed by atoms with Crippen LogP contribution in [-0.2, 0) is 6.61 Å². The van der Waals surface area contributed by atoms with Gasteiger partial charge in [0.05, 0.1) is 6.61 Å². The molecule has 1 N–H and O–H groups in total. The molecule has 3 nitrogen and oxygen atoms in total. The van der Waals surface area contributed by atoms with E-state index in [2.05, 4.69) is 4.98 Å². The van der Waals surface area contributed by atoms with Gasteiger partial charge >= 0.3 is 0 Å². The Morgan fingerprint density at radius 1 is 1.22 bits per heavy atom. The van der Waals surface area contributed by atoms with Crippen LogP contribution in [0.5, 0.6) is 11.6 Å². The fourth-order valence-corrected chi connectivity index (χ4v) is 1.72. The molecule has 0 aliphatic heterocycles. The lowest BCUT2D eigenvalue weighted by Crippen LogP contribution is -1.99. The molecule has 4 heteroatoms. The molecule has 0 atom stereocenters.